The summed E-state index contributed by atoms with van der Waals surface area (Å²) in [6, 6.07) is 3.67. The molecule has 0 bridgehead atoms. The van der Waals surface area contributed by atoms with Gasteiger partial charge < -0.3 is 10.3 Å². The number of carbonyl (C=O) groups is 1. The van der Waals surface area contributed by atoms with Gasteiger partial charge >= 0.3 is 0 Å². The van der Waals surface area contributed by atoms with E-state index in [-0.39, 0.29) is 23.9 Å². The number of nitrogens with zero attached hydrogens (tertiary/aromatic N) is 2. The fraction of sp³-hybridized carbons (Fsp3) is 0.368. The van der Waals surface area contributed by atoms with E-state index in [9.17, 15) is 9.59 Å². The Kier molecular flexibility index (Phi) is 4.55. The highest BCUT2D eigenvalue weighted by molar-refractivity contribution is 7.18. The predicted octanol–water partition coefficient (Wildman–Crippen LogP) is 2.68. The van der Waals surface area contributed by atoms with Gasteiger partial charge in [-0.25, -0.2) is 4.98 Å². The number of hydrogen-bond donors (Lipinski definition) is 2. The van der Waals surface area contributed by atoms with Gasteiger partial charge in [0.2, 0.25) is 5.91 Å². The summed E-state index contributed by atoms with van der Waals surface area (Å²) in [5.41, 5.74) is 2.06. The monoisotopic (exact) mass is 368 g/mol. The zero-order chi connectivity index (χ0) is 18.1. The van der Waals surface area contributed by atoms with Crippen molar-refractivity contribution in [1.29, 1.82) is 0 Å². The molecule has 0 radical (unpaired) electrons. The van der Waals surface area contributed by atoms with E-state index >= 15 is 0 Å². The average Bonchev–Trinajstić information content (AvgIpc) is 3.21. The minimum atomic E-state index is -0.106. The van der Waals surface area contributed by atoms with Crippen LogP contribution in [0.15, 0.2) is 29.3 Å². The van der Waals surface area contributed by atoms with E-state index in [1.165, 1.54) is 10.4 Å². The minimum Gasteiger partial charge on any atom is -0.350 e. The van der Waals surface area contributed by atoms with Crippen molar-refractivity contribution >= 4 is 27.5 Å². The number of hydrogen-bond acceptors (Lipinski definition) is 5. The molecule has 3 aromatic rings. The zero-order valence-corrected chi connectivity index (χ0v) is 15.4. The van der Waals surface area contributed by atoms with E-state index in [0.29, 0.717) is 12.2 Å². The fourth-order valence-corrected chi connectivity index (χ4v) is 4.71. The SMILES string of the molecule is CC(NC(=O)CCc1nc2sc3c(c2c(=O)[nH]1)CCC3)c1cccnc1. The largest absolute Gasteiger partial charge is 0.350 e. The molecular formula is C19H20N4O2S. The van der Waals surface area contributed by atoms with Crippen molar-refractivity contribution in [1.82, 2.24) is 20.3 Å². The highest BCUT2D eigenvalue weighted by Gasteiger charge is 2.21. The number of rotatable bonds is 5. The third-order valence-corrected chi connectivity index (χ3v) is 5.96. The van der Waals surface area contributed by atoms with E-state index in [2.05, 4.69) is 20.3 Å². The summed E-state index contributed by atoms with van der Waals surface area (Å²) in [6.45, 7) is 1.92. The number of aromatic nitrogens is 3. The zero-order valence-electron chi connectivity index (χ0n) is 14.5. The Labute approximate surface area is 154 Å². The second-order valence-electron chi connectivity index (χ2n) is 6.63. The van der Waals surface area contributed by atoms with Gasteiger partial charge in [0.1, 0.15) is 10.7 Å². The van der Waals surface area contributed by atoms with Crippen LogP contribution in [0.4, 0.5) is 0 Å². The van der Waals surface area contributed by atoms with Gasteiger partial charge in [-0.05, 0) is 43.4 Å². The van der Waals surface area contributed by atoms with Crippen molar-refractivity contribution in [2.24, 2.45) is 0 Å². The smallest absolute Gasteiger partial charge is 0.259 e. The van der Waals surface area contributed by atoms with Crippen LogP contribution >= 0.6 is 11.3 Å². The maximum atomic E-state index is 12.4. The van der Waals surface area contributed by atoms with Crippen molar-refractivity contribution in [3.63, 3.8) is 0 Å². The molecule has 0 spiro atoms. The first kappa shape index (κ1) is 16.9. The topological polar surface area (TPSA) is 87.7 Å². The summed E-state index contributed by atoms with van der Waals surface area (Å²) in [5, 5.41) is 3.70. The van der Waals surface area contributed by atoms with Crippen LogP contribution in [0.1, 0.15) is 47.6 Å². The highest BCUT2D eigenvalue weighted by atomic mass is 32.1. The molecule has 0 aromatic carbocycles. The number of pyridine rings is 1. The van der Waals surface area contributed by atoms with Gasteiger partial charge in [-0.2, -0.15) is 0 Å². The van der Waals surface area contributed by atoms with Crippen LogP contribution in [-0.4, -0.2) is 20.9 Å². The van der Waals surface area contributed by atoms with Crippen molar-refractivity contribution < 1.29 is 4.79 Å². The molecule has 6 nitrogen and oxygen atoms in total. The number of aryl methyl sites for hydroxylation is 3. The molecule has 3 aromatic heterocycles. The summed E-state index contributed by atoms with van der Waals surface area (Å²) < 4.78 is 0. The third-order valence-electron chi connectivity index (χ3n) is 4.77. The van der Waals surface area contributed by atoms with Gasteiger partial charge in [-0.15, -0.1) is 11.3 Å². The molecule has 1 atom stereocenters. The molecule has 4 rings (SSSR count). The maximum absolute atomic E-state index is 12.4. The Morgan fingerprint density at radius 1 is 1.42 bits per heavy atom. The molecule has 0 saturated heterocycles. The van der Waals surface area contributed by atoms with Crippen LogP contribution in [-0.2, 0) is 24.1 Å². The lowest BCUT2D eigenvalue weighted by Gasteiger charge is -2.13. The Bertz CT molecular complexity index is 1010. The van der Waals surface area contributed by atoms with Crippen LogP contribution in [0.25, 0.3) is 10.2 Å². The van der Waals surface area contributed by atoms with E-state index < -0.39 is 0 Å². The normalized spacial score (nSPS) is 14.3. The third kappa shape index (κ3) is 3.26. The van der Waals surface area contributed by atoms with Gasteiger partial charge in [0, 0.05) is 30.1 Å². The summed E-state index contributed by atoms with van der Waals surface area (Å²) in [7, 11) is 0. The lowest BCUT2D eigenvalue weighted by atomic mass is 10.1. The first-order chi connectivity index (χ1) is 12.6. The van der Waals surface area contributed by atoms with Gasteiger partial charge in [0.15, 0.2) is 0 Å². The van der Waals surface area contributed by atoms with Gasteiger partial charge in [0.25, 0.3) is 5.56 Å². The Morgan fingerprint density at radius 3 is 3.12 bits per heavy atom. The molecule has 1 amide bonds. The first-order valence-electron chi connectivity index (χ1n) is 8.84. The van der Waals surface area contributed by atoms with Gasteiger partial charge in [-0.1, -0.05) is 6.07 Å². The van der Waals surface area contributed by atoms with E-state index in [1.54, 1.807) is 23.7 Å². The van der Waals surface area contributed by atoms with Gasteiger partial charge in [0.05, 0.1) is 11.4 Å². The fourth-order valence-electron chi connectivity index (χ4n) is 3.43. The molecule has 1 aliphatic rings. The number of nitrogens with one attached hydrogen (secondary N) is 2. The standard InChI is InChI=1S/C19H20N4O2S/c1-11(12-4-3-9-20-10-12)21-16(24)8-7-15-22-18(25)17-13-5-2-6-14(13)26-19(17)23-15/h3-4,9-11H,2,5-8H2,1H3,(H,21,24)(H,22,23,25). The lowest BCUT2D eigenvalue weighted by molar-refractivity contribution is -0.121. The molecule has 7 heteroatoms. The molecule has 0 saturated carbocycles. The summed E-state index contributed by atoms with van der Waals surface area (Å²) in [5.74, 6) is 0.504. The number of aromatic amines is 1. The molecule has 134 valence electrons. The van der Waals surface area contributed by atoms with E-state index in [0.717, 1.165) is 35.0 Å². The number of amides is 1. The van der Waals surface area contributed by atoms with Crippen LogP contribution in [0.5, 0.6) is 0 Å². The summed E-state index contributed by atoms with van der Waals surface area (Å²) >= 11 is 1.62. The molecular weight excluding hydrogens is 348 g/mol. The molecule has 0 fully saturated rings. The van der Waals surface area contributed by atoms with Gasteiger partial charge in [-0.3, -0.25) is 14.6 Å². The quantitative estimate of drug-likeness (QED) is 0.725. The molecule has 2 N–H and O–H groups in total. The highest BCUT2D eigenvalue weighted by Crippen LogP contribution is 2.34. The van der Waals surface area contributed by atoms with Crippen molar-refractivity contribution in [2.45, 2.75) is 45.1 Å². The first-order valence-corrected chi connectivity index (χ1v) is 9.66. The van der Waals surface area contributed by atoms with Crippen molar-refractivity contribution in [3.05, 3.63) is 56.7 Å². The number of fused-ring (bicyclic) bond motifs is 3. The van der Waals surface area contributed by atoms with E-state index in [1.807, 2.05) is 19.1 Å². The second kappa shape index (κ2) is 6.99. The predicted molar refractivity (Wildman–Crippen MR) is 101 cm³/mol. The molecule has 1 unspecified atom stereocenters. The number of H-pyrrole nitrogens is 1. The van der Waals surface area contributed by atoms with E-state index in [4.69, 9.17) is 0 Å². The molecule has 1 aliphatic carbocycles. The van der Waals surface area contributed by atoms with Crippen molar-refractivity contribution in [3.8, 4) is 0 Å². The lowest BCUT2D eigenvalue weighted by Crippen LogP contribution is -2.27. The number of carbonyl (C=O) groups excluding carboxylic acids is 1. The Morgan fingerprint density at radius 2 is 2.31 bits per heavy atom. The van der Waals surface area contributed by atoms with Crippen LogP contribution in [0.2, 0.25) is 0 Å². The second-order valence-corrected chi connectivity index (χ2v) is 7.71. The maximum Gasteiger partial charge on any atom is 0.259 e. The average molecular weight is 368 g/mol. The summed E-state index contributed by atoms with van der Waals surface area (Å²) in [6.07, 6.45) is 7.27. The van der Waals surface area contributed by atoms with Crippen LogP contribution in [0, 0.1) is 0 Å². The van der Waals surface area contributed by atoms with Crippen LogP contribution in [0.3, 0.4) is 0 Å². The van der Waals surface area contributed by atoms with Crippen LogP contribution < -0.4 is 10.9 Å². The molecule has 3 heterocycles. The molecule has 26 heavy (non-hydrogen) atoms. The van der Waals surface area contributed by atoms with Crippen molar-refractivity contribution in [2.75, 3.05) is 0 Å². The Balaban J connectivity index is 1.43. The Hall–Kier alpha value is -2.54. The number of thiophene rings is 1. The minimum absolute atomic E-state index is 0.0715. The molecule has 0 aliphatic heterocycles. The summed E-state index contributed by atoms with van der Waals surface area (Å²) in [4.78, 5) is 38.2.